The molecule has 20 heavy (non-hydrogen) atoms. The molecule has 0 aliphatic carbocycles. The molecule has 3 nitrogen and oxygen atoms in total. The average molecular weight is 275 g/mol. The number of benzene rings is 1. The summed E-state index contributed by atoms with van der Waals surface area (Å²) in [6, 6.07) is 11.9. The van der Waals surface area contributed by atoms with E-state index in [1.54, 1.807) is 0 Å². The summed E-state index contributed by atoms with van der Waals surface area (Å²) >= 11 is 0. The Morgan fingerprint density at radius 2 is 1.95 bits per heavy atom. The number of rotatable bonds is 5. The molecule has 0 spiro atoms. The summed E-state index contributed by atoms with van der Waals surface area (Å²) in [4.78, 5) is 5.09. The van der Waals surface area contributed by atoms with E-state index in [4.69, 9.17) is 5.73 Å². The van der Waals surface area contributed by atoms with Crippen LogP contribution in [-0.2, 0) is 0 Å². The number of nitrogens with two attached hydrogens (primary N) is 1. The van der Waals surface area contributed by atoms with E-state index in [0.717, 1.165) is 26.2 Å². The third-order valence-corrected chi connectivity index (χ3v) is 4.89. The van der Waals surface area contributed by atoms with Gasteiger partial charge in [0.05, 0.1) is 0 Å². The normalized spacial score (nSPS) is 24.5. The Bertz CT molecular complexity index is 392. The maximum Gasteiger partial charge on any atom is 0.0285 e. The van der Waals surface area contributed by atoms with Gasteiger partial charge in [0.25, 0.3) is 0 Å². The van der Waals surface area contributed by atoms with Crippen LogP contribution in [0.3, 0.4) is 0 Å². The van der Waals surface area contributed by atoms with Gasteiger partial charge in [-0.05, 0) is 24.9 Å². The molecule has 1 aromatic rings. The molecule has 2 rings (SSSR count). The Balaban J connectivity index is 2.08. The van der Waals surface area contributed by atoms with Crippen molar-refractivity contribution in [2.75, 3.05) is 33.2 Å². The smallest absolute Gasteiger partial charge is 0.0285 e. The average Bonchev–Trinajstić information content (AvgIpc) is 2.50. The highest BCUT2D eigenvalue weighted by Gasteiger charge is 2.30. The molecule has 0 saturated carbocycles. The predicted octanol–water partition coefficient (Wildman–Crippen LogP) is 2.14. The van der Waals surface area contributed by atoms with Crippen LogP contribution >= 0.6 is 0 Å². The van der Waals surface area contributed by atoms with Crippen molar-refractivity contribution in [3.8, 4) is 0 Å². The quantitative estimate of drug-likeness (QED) is 0.893. The number of nitrogens with zero attached hydrogens (tertiary/aromatic N) is 2. The van der Waals surface area contributed by atoms with Gasteiger partial charge in [0.2, 0.25) is 0 Å². The molecular weight excluding hydrogens is 246 g/mol. The second-order valence-electron chi connectivity index (χ2n) is 6.04. The largest absolute Gasteiger partial charge is 0.329 e. The zero-order valence-electron chi connectivity index (χ0n) is 13.1. The number of hydrogen-bond donors (Lipinski definition) is 1. The molecule has 2 N–H and O–H groups in total. The molecule has 1 saturated heterocycles. The fourth-order valence-corrected chi connectivity index (χ4v) is 3.36. The Morgan fingerprint density at radius 1 is 1.25 bits per heavy atom. The van der Waals surface area contributed by atoms with Crippen LogP contribution in [0.25, 0.3) is 0 Å². The molecule has 0 aromatic heterocycles. The summed E-state index contributed by atoms with van der Waals surface area (Å²) in [5.74, 6) is 0.488. The van der Waals surface area contributed by atoms with Crippen LogP contribution in [0, 0.1) is 0 Å². The van der Waals surface area contributed by atoms with Gasteiger partial charge in [0.15, 0.2) is 0 Å². The molecule has 1 aliphatic rings. The minimum absolute atomic E-state index is 0.445. The van der Waals surface area contributed by atoms with Crippen LogP contribution in [-0.4, -0.2) is 55.1 Å². The van der Waals surface area contributed by atoms with E-state index in [2.05, 4.69) is 61.0 Å². The van der Waals surface area contributed by atoms with Gasteiger partial charge >= 0.3 is 0 Å². The first kappa shape index (κ1) is 15.5. The van der Waals surface area contributed by atoms with Crippen molar-refractivity contribution in [1.29, 1.82) is 0 Å². The molecule has 1 heterocycles. The summed E-state index contributed by atoms with van der Waals surface area (Å²) in [5.41, 5.74) is 7.51. The number of piperazine rings is 1. The zero-order chi connectivity index (χ0) is 14.5. The molecule has 3 heteroatoms. The molecule has 0 amide bonds. The summed E-state index contributed by atoms with van der Waals surface area (Å²) in [5, 5.41) is 0. The van der Waals surface area contributed by atoms with Crippen molar-refractivity contribution >= 4 is 0 Å². The second-order valence-corrected chi connectivity index (χ2v) is 6.04. The minimum atomic E-state index is 0.445. The van der Waals surface area contributed by atoms with Crippen LogP contribution < -0.4 is 5.73 Å². The third-order valence-electron chi connectivity index (χ3n) is 4.89. The van der Waals surface area contributed by atoms with Gasteiger partial charge < -0.3 is 10.6 Å². The maximum atomic E-state index is 6.11. The molecule has 3 atom stereocenters. The van der Waals surface area contributed by atoms with Crippen LogP contribution in [0.15, 0.2) is 30.3 Å². The Hall–Kier alpha value is -0.900. The summed E-state index contributed by atoms with van der Waals surface area (Å²) < 4.78 is 0. The van der Waals surface area contributed by atoms with Gasteiger partial charge in [0, 0.05) is 38.3 Å². The highest BCUT2D eigenvalue weighted by Crippen LogP contribution is 2.25. The predicted molar refractivity (Wildman–Crippen MR) is 86.0 cm³/mol. The van der Waals surface area contributed by atoms with Gasteiger partial charge in [-0.3, -0.25) is 4.90 Å². The molecule has 112 valence electrons. The first-order valence-corrected chi connectivity index (χ1v) is 7.86. The van der Waals surface area contributed by atoms with Crippen LogP contribution in [0.1, 0.15) is 31.7 Å². The van der Waals surface area contributed by atoms with E-state index in [9.17, 15) is 0 Å². The number of hydrogen-bond acceptors (Lipinski definition) is 3. The van der Waals surface area contributed by atoms with E-state index < -0.39 is 0 Å². The highest BCUT2D eigenvalue weighted by molar-refractivity contribution is 5.20. The molecule has 0 bridgehead atoms. The molecule has 1 aromatic carbocycles. The van der Waals surface area contributed by atoms with Gasteiger partial charge in [-0.25, -0.2) is 0 Å². The third kappa shape index (κ3) is 3.40. The second kappa shape index (κ2) is 7.21. The van der Waals surface area contributed by atoms with E-state index in [1.807, 2.05) is 0 Å². The van der Waals surface area contributed by atoms with Crippen molar-refractivity contribution in [2.45, 2.75) is 38.3 Å². The SMILES string of the molecule is CCC1CN(C(CN)C(C)c2ccccc2)CCN1C. The van der Waals surface area contributed by atoms with Crippen LogP contribution in [0.4, 0.5) is 0 Å². The van der Waals surface area contributed by atoms with E-state index in [0.29, 0.717) is 18.0 Å². The van der Waals surface area contributed by atoms with Crippen molar-refractivity contribution in [1.82, 2.24) is 9.80 Å². The lowest BCUT2D eigenvalue weighted by Crippen LogP contribution is -2.57. The summed E-state index contributed by atoms with van der Waals surface area (Å²) in [6.45, 7) is 8.75. The van der Waals surface area contributed by atoms with Crippen molar-refractivity contribution in [2.24, 2.45) is 5.73 Å². The fraction of sp³-hybridized carbons (Fsp3) is 0.647. The Morgan fingerprint density at radius 3 is 2.55 bits per heavy atom. The topological polar surface area (TPSA) is 32.5 Å². The lowest BCUT2D eigenvalue weighted by Gasteiger charge is -2.44. The molecule has 1 aliphatic heterocycles. The van der Waals surface area contributed by atoms with Crippen molar-refractivity contribution in [3.63, 3.8) is 0 Å². The Kier molecular flexibility index (Phi) is 5.58. The molecule has 0 radical (unpaired) electrons. The zero-order valence-corrected chi connectivity index (χ0v) is 13.1. The van der Waals surface area contributed by atoms with E-state index >= 15 is 0 Å². The lowest BCUT2D eigenvalue weighted by atomic mass is 9.91. The minimum Gasteiger partial charge on any atom is -0.329 e. The van der Waals surface area contributed by atoms with Crippen LogP contribution in [0.2, 0.25) is 0 Å². The number of likely N-dealkylation sites (N-methyl/N-ethyl adjacent to an activating group) is 1. The van der Waals surface area contributed by atoms with Gasteiger partial charge in [-0.2, -0.15) is 0 Å². The standard InChI is InChI=1S/C17H29N3/c1-4-16-13-20(11-10-19(16)3)17(12-18)14(2)15-8-6-5-7-9-15/h5-9,14,16-17H,4,10-13,18H2,1-3H3. The molecular formula is C17H29N3. The molecule has 3 unspecified atom stereocenters. The van der Waals surface area contributed by atoms with Gasteiger partial charge in [-0.15, -0.1) is 0 Å². The van der Waals surface area contributed by atoms with Crippen molar-refractivity contribution in [3.05, 3.63) is 35.9 Å². The first-order chi connectivity index (χ1) is 9.67. The van der Waals surface area contributed by atoms with E-state index in [-0.39, 0.29) is 0 Å². The maximum absolute atomic E-state index is 6.11. The fourth-order valence-electron chi connectivity index (χ4n) is 3.36. The van der Waals surface area contributed by atoms with Crippen LogP contribution in [0.5, 0.6) is 0 Å². The summed E-state index contributed by atoms with van der Waals surface area (Å²) in [7, 11) is 2.24. The monoisotopic (exact) mass is 275 g/mol. The van der Waals surface area contributed by atoms with Crippen molar-refractivity contribution < 1.29 is 0 Å². The van der Waals surface area contributed by atoms with E-state index in [1.165, 1.54) is 12.0 Å². The first-order valence-electron chi connectivity index (χ1n) is 7.86. The lowest BCUT2D eigenvalue weighted by molar-refractivity contribution is 0.0574. The molecule has 1 fully saturated rings. The summed E-state index contributed by atoms with van der Waals surface area (Å²) in [6.07, 6.45) is 1.21. The van der Waals surface area contributed by atoms with Gasteiger partial charge in [-0.1, -0.05) is 44.2 Å². The van der Waals surface area contributed by atoms with Gasteiger partial charge in [0.1, 0.15) is 0 Å². The highest BCUT2D eigenvalue weighted by atomic mass is 15.3. The Labute approximate surface area is 123 Å².